The van der Waals surface area contributed by atoms with E-state index >= 15 is 0 Å². The molecule has 2 aromatic rings. The van der Waals surface area contributed by atoms with Crippen LogP contribution in [0.15, 0.2) is 36.4 Å². The van der Waals surface area contributed by atoms with E-state index in [4.69, 9.17) is 4.74 Å². The Hall–Kier alpha value is -3.88. The summed E-state index contributed by atoms with van der Waals surface area (Å²) < 4.78 is 5.11. The Kier molecular flexibility index (Phi) is 5.46. The third-order valence-electron chi connectivity index (χ3n) is 4.92. The van der Waals surface area contributed by atoms with E-state index in [-0.39, 0.29) is 16.8 Å². The number of ether oxygens (including phenoxy) is 1. The first-order chi connectivity index (χ1) is 14.1. The molecule has 0 bridgehead atoms. The Labute approximate surface area is 171 Å². The molecule has 2 aromatic carbocycles. The van der Waals surface area contributed by atoms with Crippen molar-refractivity contribution in [2.75, 3.05) is 6.54 Å². The Balaban J connectivity index is 1.69. The van der Waals surface area contributed by atoms with Crippen LogP contribution in [0.4, 0.5) is 5.69 Å². The molecular formula is C21H18N2O7. The van der Waals surface area contributed by atoms with Gasteiger partial charge < -0.3 is 4.74 Å². The summed E-state index contributed by atoms with van der Waals surface area (Å²) in [5.74, 6) is -2.94. The lowest BCUT2D eigenvalue weighted by Crippen LogP contribution is -2.37. The number of hydrogen-bond donors (Lipinski definition) is 0. The van der Waals surface area contributed by atoms with Crippen LogP contribution >= 0.6 is 0 Å². The Morgan fingerprint density at radius 1 is 1.03 bits per heavy atom. The molecule has 0 fully saturated rings. The largest absolute Gasteiger partial charge is 0.453 e. The van der Waals surface area contributed by atoms with Gasteiger partial charge in [0.05, 0.1) is 16.1 Å². The number of esters is 1. The topological polar surface area (TPSA) is 124 Å². The molecule has 0 unspecified atom stereocenters. The lowest BCUT2D eigenvalue weighted by molar-refractivity contribution is -0.384. The van der Waals surface area contributed by atoms with E-state index in [0.29, 0.717) is 10.5 Å². The number of fused-ring (bicyclic) bond motifs is 1. The Morgan fingerprint density at radius 3 is 2.33 bits per heavy atom. The standard InChI is InChI=1S/C21H18N2O7/c1-11-4-5-14(8-12(11)2)19(25)13(3)30-18(24)10-22-20(26)16-7-6-15(23(28)29)9-17(16)21(22)27/h4-9,13H,10H2,1-3H3/t13-/m1/s1. The minimum absolute atomic E-state index is 0.0299. The predicted octanol–water partition coefficient (Wildman–Crippen LogP) is 2.62. The molecule has 30 heavy (non-hydrogen) atoms. The highest BCUT2D eigenvalue weighted by Gasteiger charge is 2.38. The number of carbonyl (C=O) groups excluding carboxylic acids is 4. The van der Waals surface area contributed by atoms with Gasteiger partial charge in [0.1, 0.15) is 6.54 Å². The molecule has 0 aromatic heterocycles. The number of nitro benzene ring substituents is 1. The molecule has 0 radical (unpaired) electrons. The maximum Gasteiger partial charge on any atom is 0.326 e. The van der Waals surface area contributed by atoms with Gasteiger partial charge in [0.2, 0.25) is 5.78 Å². The second kappa shape index (κ2) is 7.86. The molecule has 0 aliphatic carbocycles. The number of amides is 2. The van der Waals surface area contributed by atoms with Gasteiger partial charge >= 0.3 is 5.97 Å². The van der Waals surface area contributed by atoms with Gasteiger partial charge in [0.25, 0.3) is 17.5 Å². The summed E-state index contributed by atoms with van der Waals surface area (Å²) in [5, 5.41) is 10.9. The maximum atomic E-state index is 12.5. The SMILES string of the molecule is Cc1ccc(C(=O)[C@@H](C)OC(=O)CN2C(=O)c3ccc([N+](=O)[O-])cc3C2=O)cc1C. The predicted molar refractivity (Wildman–Crippen MR) is 104 cm³/mol. The Bertz CT molecular complexity index is 1110. The van der Waals surface area contributed by atoms with Gasteiger partial charge in [-0.05, 0) is 44.0 Å². The number of imide groups is 1. The van der Waals surface area contributed by atoms with E-state index in [1.54, 1.807) is 18.2 Å². The van der Waals surface area contributed by atoms with E-state index in [0.717, 1.165) is 23.3 Å². The summed E-state index contributed by atoms with van der Waals surface area (Å²) in [4.78, 5) is 60.4. The zero-order valence-corrected chi connectivity index (χ0v) is 16.5. The minimum Gasteiger partial charge on any atom is -0.453 e. The van der Waals surface area contributed by atoms with Crippen LogP contribution in [0.2, 0.25) is 0 Å². The smallest absolute Gasteiger partial charge is 0.326 e. The minimum atomic E-state index is -1.11. The third kappa shape index (κ3) is 3.82. The summed E-state index contributed by atoms with van der Waals surface area (Å²) in [6, 6.07) is 8.38. The monoisotopic (exact) mass is 410 g/mol. The van der Waals surface area contributed by atoms with E-state index in [9.17, 15) is 29.3 Å². The van der Waals surface area contributed by atoms with Crippen LogP contribution in [0.3, 0.4) is 0 Å². The normalized spacial score (nSPS) is 13.8. The fraction of sp³-hybridized carbons (Fsp3) is 0.238. The number of rotatable bonds is 6. The number of hydrogen-bond acceptors (Lipinski definition) is 7. The van der Waals surface area contributed by atoms with Crippen molar-refractivity contribution in [3.05, 3.63) is 74.3 Å². The van der Waals surface area contributed by atoms with Gasteiger partial charge in [0, 0.05) is 17.7 Å². The molecule has 0 spiro atoms. The second-order valence-electron chi connectivity index (χ2n) is 6.98. The molecule has 1 aliphatic rings. The molecule has 9 heteroatoms. The molecule has 154 valence electrons. The zero-order valence-electron chi connectivity index (χ0n) is 16.5. The molecule has 0 saturated carbocycles. The van der Waals surface area contributed by atoms with Crippen LogP contribution in [0, 0.1) is 24.0 Å². The van der Waals surface area contributed by atoms with Crippen LogP contribution in [-0.4, -0.2) is 46.0 Å². The number of Topliss-reactive ketones (excluding diaryl/α,β-unsaturated/α-hetero) is 1. The number of aryl methyl sites for hydroxylation is 2. The summed E-state index contributed by atoms with van der Waals surface area (Å²) in [6.07, 6.45) is -1.11. The van der Waals surface area contributed by atoms with Crippen LogP contribution < -0.4 is 0 Å². The van der Waals surface area contributed by atoms with Crippen molar-refractivity contribution >= 4 is 29.3 Å². The number of carbonyl (C=O) groups is 4. The van der Waals surface area contributed by atoms with Crippen molar-refractivity contribution in [3.63, 3.8) is 0 Å². The summed E-state index contributed by atoms with van der Waals surface area (Å²) in [7, 11) is 0. The second-order valence-corrected chi connectivity index (χ2v) is 6.98. The quantitative estimate of drug-likeness (QED) is 0.236. The summed E-state index contributed by atoms with van der Waals surface area (Å²) in [6.45, 7) is 4.46. The van der Waals surface area contributed by atoms with Gasteiger partial charge in [0.15, 0.2) is 6.10 Å². The van der Waals surface area contributed by atoms with Crippen molar-refractivity contribution in [1.82, 2.24) is 4.90 Å². The van der Waals surface area contributed by atoms with E-state index in [1.807, 2.05) is 13.8 Å². The van der Waals surface area contributed by atoms with Crippen LogP contribution in [0.25, 0.3) is 0 Å². The molecule has 0 saturated heterocycles. The molecule has 0 N–H and O–H groups in total. The molecule has 9 nitrogen and oxygen atoms in total. The van der Waals surface area contributed by atoms with Crippen LogP contribution in [-0.2, 0) is 9.53 Å². The average Bonchev–Trinajstić information content (AvgIpc) is 2.93. The van der Waals surface area contributed by atoms with Gasteiger partial charge in [-0.1, -0.05) is 12.1 Å². The number of non-ortho nitro benzene ring substituents is 1. The van der Waals surface area contributed by atoms with Gasteiger partial charge in [-0.2, -0.15) is 0 Å². The first-order valence-corrected chi connectivity index (χ1v) is 9.05. The number of ketones is 1. The highest BCUT2D eigenvalue weighted by atomic mass is 16.6. The fourth-order valence-corrected chi connectivity index (χ4v) is 3.08. The van der Waals surface area contributed by atoms with Crippen LogP contribution in [0.1, 0.15) is 49.1 Å². The number of nitrogens with zero attached hydrogens (tertiary/aromatic N) is 2. The van der Waals surface area contributed by atoms with Gasteiger partial charge in [-0.3, -0.25) is 34.2 Å². The first-order valence-electron chi connectivity index (χ1n) is 9.05. The molecule has 2 amide bonds. The van der Waals surface area contributed by atoms with Crippen molar-refractivity contribution in [3.8, 4) is 0 Å². The van der Waals surface area contributed by atoms with E-state index < -0.39 is 41.1 Å². The van der Waals surface area contributed by atoms with Gasteiger partial charge in [-0.15, -0.1) is 0 Å². The van der Waals surface area contributed by atoms with Gasteiger partial charge in [-0.25, -0.2) is 0 Å². The van der Waals surface area contributed by atoms with E-state index in [2.05, 4.69) is 0 Å². The van der Waals surface area contributed by atoms with Crippen molar-refractivity contribution in [2.45, 2.75) is 26.9 Å². The lowest BCUT2D eigenvalue weighted by Gasteiger charge is -2.16. The fourth-order valence-electron chi connectivity index (χ4n) is 3.08. The van der Waals surface area contributed by atoms with Crippen molar-refractivity contribution in [2.24, 2.45) is 0 Å². The summed E-state index contributed by atoms with van der Waals surface area (Å²) in [5.41, 5.74) is 1.79. The molecule has 1 heterocycles. The molecule has 3 rings (SSSR count). The first kappa shape index (κ1) is 20.8. The maximum absolute atomic E-state index is 12.5. The van der Waals surface area contributed by atoms with E-state index in [1.165, 1.54) is 13.0 Å². The highest BCUT2D eigenvalue weighted by molar-refractivity contribution is 6.22. The average molecular weight is 410 g/mol. The summed E-state index contributed by atoms with van der Waals surface area (Å²) >= 11 is 0. The molecule has 1 aliphatic heterocycles. The Morgan fingerprint density at radius 2 is 1.70 bits per heavy atom. The third-order valence-corrected chi connectivity index (χ3v) is 4.92. The highest BCUT2D eigenvalue weighted by Crippen LogP contribution is 2.26. The lowest BCUT2D eigenvalue weighted by atomic mass is 10.0. The number of benzene rings is 2. The van der Waals surface area contributed by atoms with Crippen LogP contribution in [0.5, 0.6) is 0 Å². The van der Waals surface area contributed by atoms with Crippen molar-refractivity contribution in [1.29, 1.82) is 0 Å². The number of nitro groups is 1. The van der Waals surface area contributed by atoms with Crippen molar-refractivity contribution < 1.29 is 28.8 Å². The zero-order chi connectivity index (χ0) is 22.2. The molecule has 1 atom stereocenters. The molecular weight excluding hydrogens is 392 g/mol.